The molecule has 3 amide bonds. The molecule has 0 aliphatic carbocycles. The summed E-state index contributed by atoms with van der Waals surface area (Å²) in [6.07, 6.45) is 1.28. The minimum absolute atomic E-state index is 0.191. The highest BCUT2D eigenvalue weighted by Crippen LogP contribution is 2.26. The van der Waals surface area contributed by atoms with Gasteiger partial charge in [-0.25, -0.2) is 4.79 Å². The summed E-state index contributed by atoms with van der Waals surface area (Å²) in [6, 6.07) is 12.0. The third kappa shape index (κ3) is 5.06. The number of halogens is 1. The molecule has 7 nitrogen and oxygen atoms in total. The van der Waals surface area contributed by atoms with Gasteiger partial charge in [-0.15, -0.1) is 0 Å². The molecule has 170 valence electrons. The van der Waals surface area contributed by atoms with Gasteiger partial charge in [-0.3, -0.25) is 9.69 Å². The molecule has 0 radical (unpaired) electrons. The summed E-state index contributed by atoms with van der Waals surface area (Å²) >= 11 is 5.92. The Hall–Kier alpha value is -2.61. The summed E-state index contributed by atoms with van der Waals surface area (Å²) in [4.78, 5) is 30.0. The van der Waals surface area contributed by atoms with Crippen molar-refractivity contribution in [3.8, 4) is 0 Å². The highest BCUT2D eigenvalue weighted by Gasteiger charge is 2.40. The van der Waals surface area contributed by atoms with Crippen molar-refractivity contribution in [3.63, 3.8) is 0 Å². The topological polar surface area (TPSA) is 73.9 Å². The van der Waals surface area contributed by atoms with E-state index in [4.69, 9.17) is 16.3 Å². The van der Waals surface area contributed by atoms with Crippen LogP contribution in [0.25, 0.3) is 0 Å². The molecule has 1 fully saturated rings. The molecule has 0 bridgehead atoms. The quantitative estimate of drug-likeness (QED) is 0.713. The first-order chi connectivity index (χ1) is 15.5. The molecule has 2 heterocycles. The average molecular weight is 457 g/mol. The van der Waals surface area contributed by atoms with Gasteiger partial charge in [-0.1, -0.05) is 24.6 Å². The number of likely N-dealkylation sites (tertiary alicyclic amines) is 1. The molecule has 4 rings (SSSR count). The maximum atomic E-state index is 13.2. The largest absolute Gasteiger partial charge is 0.380 e. The molecule has 2 aliphatic heterocycles. The maximum absolute atomic E-state index is 13.2. The van der Waals surface area contributed by atoms with E-state index in [0.717, 1.165) is 31.7 Å². The van der Waals surface area contributed by atoms with Crippen LogP contribution in [0.2, 0.25) is 5.02 Å². The van der Waals surface area contributed by atoms with Gasteiger partial charge < -0.3 is 20.3 Å². The van der Waals surface area contributed by atoms with E-state index in [-0.39, 0.29) is 18.0 Å². The summed E-state index contributed by atoms with van der Waals surface area (Å²) in [6.45, 7) is 5.47. The summed E-state index contributed by atoms with van der Waals surface area (Å²) < 4.78 is 5.46. The molecule has 0 unspecified atom stereocenters. The number of hydrogen-bond donors (Lipinski definition) is 2. The number of methoxy groups -OCH3 is 1. The van der Waals surface area contributed by atoms with Crippen LogP contribution in [0.5, 0.6) is 0 Å². The number of carbonyl (C=O) groups is 2. The first kappa shape index (κ1) is 22.6. The van der Waals surface area contributed by atoms with Crippen LogP contribution in [0.15, 0.2) is 42.5 Å². The molecule has 2 atom stereocenters. The van der Waals surface area contributed by atoms with E-state index in [2.05, 4.69) is 34.6 Å². The van der Waals surface area contributed by atoms with Crippen molar-refractivity contribution in [2.45, 2.75) is 38.5 Å². The van der Waals surface area contributed by atoms with Crippen LogP contribution < -0.4 is 10.6 Å². The van der Waals surface area contributed by atoms with Gasteiger partial charge in [0, 0.05) is 49.6 Å². The monoisotopic (exact) mass is 456 g/mol. The van der Waals surface area contributed by atoms with Gasteiger partial charge in [-0.2, -0.15) is 0 Å². The molecule has 2 aliphatic rings. The number of fused-ring (bicyclic) bond motifs is 1. The van der Waals surface area contributed by atoms with Crippen molar-refractivity contribution in [2.75, 3.05) is 37.4 Å². The predicted molar refractivity (Wildman–Crippen MR) is 126 cm³/mol. The molecule has 0 aromatic heterocycles. The third-order valence-electron chi connectivity index (χ3n) is 6.27. The van der Waals surface area contributed by atoms with E-state index in [9.17, 15) is 9.59 Å². The van der Waals surface area contributed by atoms with Gasteiger partial charge in [0.05, 0.1) is 6.10 Å². The molecule has 2 aromatic carbocycles. The zero-order valence-electron chi connectivity index (χ0n) is 18.4. The van der Waals surface area contributed by atoms with E-state index < -0.39 is 6.04 Å². The summed E-state index contributed by atoms with van der Waals surface area (Å²) in [5.74, 6) is -0.209. The molecular weight excluding hydrogens is 428 g/mol. The summed E-state index contributed by atoms with van der Waals surface area (Å²) in [5, 5.41) is 6.45. The minimum atomic E-state index is -0.615. The fraction of sp³-hybridized carbons (Fsp3) is 0.417. The van der Waals surface area contributed by atoms with Gasteiger partial charge in [-0.05, 0) is 60.5 Å². The second-order valence-electron chi connectivity index (χ2n) is 8.29. The number of carbonyl (C=O) groups excluding carboxylic acids is 2. The van der Waals surface area contributed by atoms with Gasteiger partial charge in [0.15, 0.2) is 0 Å². The molecule has 0 spiro atoms. The van der Waals surface area contributed by atoms with Crippen LogP contribution in [-0.2, 0) is 22.5 Å². The van der Waals surface area contributed by atoms with Crippen molar-refractivity contribution >= 4 is 34.9 Å². The number of nitrogens with one attached hydrogen (secondary N) is 2. The Morgan fingerprint density at radius 1 is 1.09 bits per heavy atom. The van der Waals surface area contributed by atoms with Crippen LogP contribution in [0.1, 0.15) is 24.5 Å². The number of anilines is 2. The van der Waals surface area contributed by atoms with Crippen molar-refractivity contribution < 1.29 is 14.3 Å². The Morgan fingerprint density at radius 3 is 2.56 bits per heavy atom. The molecule has 8 heteroatoms. The molecular formula is C24H29ClN4O3. The van der Waals surface area contributed by atoms with Gasteiger partial charge in [0.25, 0.3) is 0 Å². The van der Waals surface area contributed by atoms with Crippen LogP contribution >= 0.6 is 11.6 Å². The maximum Gasteiger partial charge on any atom is 0.322 e. The summed E-state index contributed by atoms with van der Waals surface area (Å²) in [5.41, 5.74) is 3.95. The lowest BCUT2D eigenvalue weighted by molar-refractivity contribution is -0.119. The van der Waals surface area contributed by atoms with E-state index in [1.807, 2.05) is 6.07 Å². The number of urea groups is 1. The number of likely N-dealkylation sites (N-methyl/N-ethyl adjacent to an activating group) is 1. The number of benzene rings is 2. The fourth-order valence-corrected chi connectivity index (χ4v) is 4.48. The molecule has 2 aromatic rings. The SMILES string of the molecule is CCN1CCc2ccc(NC(=O)[C@H]3C[C@@H](OC)CN3C(=O)Nc3ccc(Cl)cc3)cc2C1. The van der Waals surface area contributed by atoms with Crippen molar-refractivity contribution in [1.29, 1.82) is 0 Å². The Bertz CT molecular complexity index is 982. The van der Waals surface area contributed by atoms with Crippen LogP contribution in [0, 0.1) is 0 Å². The number of ether oxygens (including phenoxy) is 1. The van der Waals surface area contributed by atoms with Crippen molar-refractivity contribution in [1.82, 2.24) is 9.80 Å². The van der Waals surface area contributed by atoms with Crippen LogP contribution in [-0.4, -0.2) is 60.6 Å². The number of rotatable bonds is 5. The average Bonchev–Trinajstić information content (AvgIpc) is 3.25. The van der Waals surface area contributed by atoms with Crippen molar-refractivity contribution in [3.05, 3.63) is 58.6 Å². The predicted octanol–water partition coefficient (Wildman–Crippen LogP) is 3.98. The highest BCUT2D eigenvalue weighted by molar-refractivity contribution is 6.30. The zero-order valence-corrected chi connectivity index (χ0v) is 19.2. The van der Waals surface area contributed by atoms with Crippen LogP contribution in [0.3, 0.4) is 0 Å². The number of nitrogens with zero attached hydrogens (tertiary/aromatic N) is 2. The fourth-order valence-electron chi connectivity index (χ4n) is 4.36. The smallest absolute Gasteiger partial charge is 0.322 e. The van der Waals surface area contributed by atoms with Gasteiger partial charge >= 0.3 is 6.03 Å². The van der Waals surface area contributed by atoms with Gasteiger partial charge in [0.2, 0.25) is 5.91 Å². The molecule has 32 heavy (non-hydrogen) atoms. The number of amides is 3. The first-order valence-corrected chi connectivity index (χ1v) is 11.4. The Kier molecular flexibility index (Phi) is 6.98. The zero-order chi connectivity index (χ0) is 22.7. The molecule has 2 N–H and O–H groups in total. The van der Waals surface area contributed by atoms with E-state index in [1.54, 1.807) is 31.4 Å². The third-order valence-corrected chi connectivity index (χ3v) is 6.52. The highest BCUT2D eigenvalue weighted by atomic mass is 35.5. The molecule has 0 saturated carbocycles. The number of hydrogen-bond acceptors (Lipinski definition) is 4. The second kappa shape index (κ2) is 9.90. The Labute approximate surface area is 193 Å². The second-order valence-corrected chi connectivity index (χ2v) is 8.73. The van der Waals surface area contributed by atoms with Gasteiger partial charge in [0.1, 0.15) is 6.04 Å². The lowest BCUT2D eigenvalue weighted by Crippen LogP contribution is -2.45. The standard InChI is InChI=1S/C24H29ClN4O3/c1-3-28-11-10-16-4-7-20(12-17(16)14-28)26-23(30)22-13-21(32-2)15-29(22)24(31)27-19-8-5-18(25)6-9-19/h4-9,12,21-22H,3,10-11,13-15H2,1-2H3,(H,26,30)(H,27,31)/t21-,22-/m1/s1. The minimum Gasteiger partial charge on any atom is -0.380 e. The lowest BCUT2D eigenvalue weighted by atomic mass is 9.99. The van der Waals surface area contributed by atoms with E-state index in [1.165, 1.54) is 16.0 Å². The van der Waals surface area contributed by atoms with E-state index in [0.29, 0.717) is 23.7 Å². The summed E-state index contributed by atoms with van der Waals surface area (Å²) in [7, 11) is 1.60. The van der Waals surface area contributed by atoms with Crippen LogP contribution in [0.4, 0.5) is 16.2 Å². The first-order valence-electron chi connectivity index (χ1n) is 11.0. The Balaban J connectivity index is 1.46. The lowest BCUT2D eigenvalue weighted by Gasteiger charge is -2.28. The molecule has 1 saturated heterocycles. The van der Waals surface area contributed by atoms with Crippen molar-refractivity contribution in [2.24, 2.45) is 0 Å². The van der Waals surface area contributed by atoms with E-state index >= 15 is 0 Å². The normalized spacial score (nSPS) is 20.7. The Morgan fingerprint density at radius 2 is 1.84 bits per heavy atom.